The van der Waals surface area contributed by atoms with Crippen LogP contribution in [0.1, 0.15) is 19.8 Å². The number of sulfone groups is 1. The van der Waals surface area contributed by atoms with Gasteiger partial charge in [-0.05, 0) is 6.42 Å². The molecule has 0 spiro atoms. The Morgan fingerprint density at radius 3 is 2.35 bits per heavy atom. The lowest BCUT2D eigenvalue weighted by molar-refractivity contribution is -0.139. The summed E-state index contributed by atoms with van der Waals surface area (Å²) in [6.07, 6.45) is -0.313. The van der Waals surface area contributed by atoms with E-state index in [1.807, 2.05) is 0 Å². The molecule has 0 aromatic carbocycles. The molecular weight excluding hydrogens is 290 g/mol. The first-order chi connectivity index (χ1) is 9.18. The van der Waals surface area contributed by atoms with Gasteiger partial charge in [-0.25, -0.2) is 18.0 Å². The normalized spacial score (nSPS) is 12.4. The van der Waals surface area contributed by atoms with Crippen molar-refractivity contribution in [2.75, 3.05) is 18.1 Å². The van der Waals surface area contributed by atoms with Gasteiger partial charge in [-0.1, -0.05) is 6.92 Å². The molecule has 0 aromatic heterocycles. The zero-order chi connectivity index (χ0) is 15.8. The van der Waals surface area contributed by atoms with Crippen molar-refractivity contribution in [3.63, 3.8) is 0 Å². The Labute approximate surface area is 116 Å². The van der Waals surface area contributed by atoms with E-state index in [2.05, 4.69) is 10.6 Å². The number of nitrogens with two attached hydrogens (primary N) is 1. The molecule has 0 aliphatic heterocycles. The number of aliphatic carboxylic acids is 1. The molecule has 0 heterocycles. The molecule has 10 heteroatoms. The van der Waals surface area contributed by atoms with Gasteiger partial charge >= 0.3 is 12.0 Å². The molecule has 116 valence electrons. The van der Waals surface area contributed by atoms with Gasteiger partial charge in [-0.2, -0.15) is 0 Å². The second-order valence-electron chi connectivity index (χ2n) is 4.03. The van der Waals surface area contributed by atoms with Crippen molar-refractivity contribution in [2.45, 2.75) is 25.8 Å². The summed E-state index contributed by atoms with van der Waals surface area (Å²) in [6, 6.07) is -2.07. The third-order valence-electron chi connectivity index (χ3n) is 2.42. The predicted molar refractivity (Wildman–Crippen MR) is 70.7 cm³/mol. The zero-order valence-electron chi connectivity index (χ0n) is 11.1. The summed E-state index contributed by atoms with van der Waals surface area (Å²) in [5.74, 6) is -2.24. The van der Waals surface area contributed by atoms with Gasteiger partial charge in [0.05, 0.1) is 5.75 Å². The summed E-state index contributed by atoms with van der Waals surface area (Å²) in [4.78, 5) is 32.8. The molecule has 0 aromatic rings. The molecule has 9 nitrogen and oxygen atoms in total. The van der Waals surface area contributed by atoms with Crippen LogP contribution in [0.5, 0.6) is 0 Å². The van der Waals surface area contributed by atoms with E-state index < -0.39 is 33.8 Å². The Morgan fingerprint density at radius 1 is 1.30 bits per heavy atom. The molecule has 0 fully saturated rings. The first-order valence-corrected chi connectivity index (χ1v) is 7.76. The number of carbonyl (C=O) groups excluding carboxylic acids is 2. The molecule has 20 heavy (non-hydrogen) atoms. The largest absolute Gasteiger partial charge is 0.480 e. The number of carboxylic acids is 1. The lowest BCUT2D eigenvalue weighted by atomic mass is 10.1. The number of rotatable bonds is 9. The Hall–Kier alpha value is -1.84. The topological polar surface area (TPSA) is 156 Å². The lowest BCUT2D eigenvalue weighted by Crippen LogP contribution is -2.47. The maximum Gasteiger partial charge on any atom is 0.326 e. The summed E-state index contributed by atoms with van der Waals surface area (Å²) in [5, 5.41) is 13.2. The molecular formula is C10H19N3O6S. The highest BCUT2D eigenvalue weighted by Crippen LogP contribution is 1.97. The molecule has 0 saturated heterocycles. The van der Waals surface area contributed by atoms with Crippen molar-refractivity contribution in [2.24, 2.45) is 5.73 Å². The maximum absolute atomic E-state index is 11.4. The van der Waals surface area contributed by atoms with E-state index in [0.29, 0.717) is 0 Å². The van der Waals surface area contributed by atoms with E-state index in [0.717, 1.165) is 0 Å². The van der Waals surface area contributed by atoms with Gasteiger partial charge in [0.15, 0.2) is 9.84 Å². The van der Waals surface area contributed by atoms with Crippen LogP contribution in [0.25, 0.3) is 0 Å². The van der Waals surface area contributed by atoms with Gasteiger partial charge in [-0.3, -0.25) is 4.79 Å². The van der Waals surface area contributed by atoms with Crippen LogP contribution < -0.4 is 16.4 Å². The molecule has 5 N–H and O–H groups in total. The molecule has 1 atom stereocenters. The fourth-order valence-electron chi connectivity index (χ4n) is 1.22. The highest BCUT2D eigenvalue weighted by molar-refractivity contribution is 7.91. The van der Waals surface area contributed by atoms with Gasteiger partial charge < -0.3 is 21.5 Å². The van der Waals surface area contributed by atoms with Gasteiger partial charge in [0.25, 0.3) is 0 Å². The Balaban J connectivity index is 4.20. The molecule has 0 rings (SSSR count). The van der Waals surface area contributed by atoms with Crippen molar-refractivity contribution in [1.29, 1.82) is 0 Å². The van der Waals surface area contributed by atoms with E-state index in [1.54, 1.807) is 0 Å². The third kappa shape index (κ3) is 8.29. The number of primary amides is 1. The van der Waals surface area contributed by atoms with Crippen LogP contribution in [0.15, 0.2) is 0 Å². The smallest absolute Gasteiger partial charge is 0.326 e. The summed E-state index contributed by atoms with van der Waals surface area (Å²) in [6.45, 7) is 1.36. The standard InChI is InChI=1S/C10H19N3O6S/c1-2-20(18,19)6-5-12-10(17)13-7(9(15)16)3-4-8(11)14/h7H,2-6H2,1H3,(H2,11,14)(H,15,16)(H2,12,13,17)/t7-/m0/s1. The minimum Gasteiger partial charge on any atom is -0.480 e. The van der Waals surface area contributed by atoms with Crippen molar-refractivity contribution in [3.05, 3.63) is 0 Å². The number of hydrogen-bond donors (Lipinski definition) is 4. The lowest BCUT2D eigenvalue weighted by Gasteiger charge is -2.14. The van der Waals surface area contributed by atoms with Crippen LogP contribution in [0.4, 0.5) is 4.79 Å². The van der Waals surface area contributed by atoms with E-state index in [1.165, 1.54) is 6.92 Å². The second-order valence-corrected chi connectivity index (χ2v) is 6.51. The minimum atomic E-state index is -3.20. The van der Waals surface area contributed by atoms with Crippen LogP contribution >= 0.6 is 0 Å². The fourth-order valence-corrected chi connectivity index (χ4v) is 1.92. The number of urea groups is 1. The molecule has 0 bridgehead atoms. The zero-order valence-corrected chi connectivity index (χ0v) is 11.9. The van der Waals surface area contributed by atoms with Crippen molar-refractivity contribution >= 4 is 27.7 Å². The SMILES string of the molecule is CCS(=O)(=O)CCNC(=O)N[C@@H](CCC(N)=O)C(=O)O. The average molecular weight is 309 g/mol. The van der Waals surface area contributed by atoms with Crippen LogP contribution in [-0.2, 0) is 19.4 Å². The number of nitrogens with one attached hydrogen (secondary N) is 2. The fraction of sp³-hybridized carbons (Fsp3) is 0.700. The number of amides is 3. The Morgan fingerprint density at radius 2 is 1.90 bits per heavy atom. The van der Waals surface area contributed by atoms with E-state index >= 15 is 0 Å². The highest BCUT2D eigenvalue weighted by atomic mass is 32.2. The van der Waals surface area contributed by atoms with E-state index in [4.69, 9.17) is 10.8 Å². The van der Waals surface area contributed by atoms with Gasteiger partial charge in [0.2, 0.25) is 5.91 Å². The summed E-state index contributed by atoms with van der Waals surface area (Å²) >= 11 is 0. The first-order valence-electron chi connectivity index (χ1n) is 5.94. The molecule has 0 aliphatic rings. The number of carbonyl (C=O) groups is 3. The van der Waals surface area contributed by atoms with Crippen LogP contribution in [-0.4, -0.2) is 55.5 Å². The molecule has 0 unspecified atom stereocenters. The summed E-state index contributed by atoms with van der Waals surface area (Å²) < 4.78 is 22.3. The first kappa shape index (κ1) is 18.2. The van der Waals surface area contributed by atoms with Gasteiger partial charge in [-0.15, -0.1) is 0 Å². The van der Waals surface area contributed by atoms with Crippen molar-refractivity contribution in [3.8, 4) is 0 Å². The van der Waals surface area contributed by atoms with E-state index in [9.17, 15) is 22.8 Å². The third-order valence-corrected chi connectivity index (χ3v) is 4.13. The highest BCUT2D eigenvalue weighted by Gasteiger charge is 2.20. The summed E-state index contributed by atoms with van der Waals surface area (Å²) in [5.41, 5.74) is 4.89. The summed E-state index contributed by atoms with van der Waals surface area (Å²) in [7, 11) is -3.20. The number of hydrogen-bond acceptors (Lipinski definition) is 5. The van der Waals surface area contributed by atoms with Crippen molar-refractivity contribution in [1.82, 2.24) is 10.6 Å². The molecule has 0 aliphatic carbocycles. The minimum absolute atomic E-state index is 0.0351. The number of carboxylic acid groups (broad SMARTS) is 1. The second kappa shape index (κ2) is 8.35. The molecule has 0 radical (unpaired) electrons. The Kier molecular flexibility index (Phi) is 7.59. The molecule has 3 amide bonds. The van der Waals surface area contributed by atoms with E-state index in [-0.39, 0.29) is 30.9 Å². The average Bonchev–Trinajstić information content (AvgIpc) is 2.33. The molecule has 0 saturated carbocycles. The predicted octanol–water partition coefficient (Wildman–Crippen LogP) is -1.56. The quantitative estimate of drug-likeness (QED) is 0.403. The van der Waals surface area contributed by atoms with Crippen LogP contribution in [0, 0.1) is 0 Å². The van der Waals surface area contributed by atoms with Gasteiger partial charge in [0.1, 0.15) is 6.04 Å². The Bertz CT molecular complexity index is 462. The van der Waals surface area contributed by atoms with Gasteiger partial charge in [0, 0.05) is 18.7 Å². The van der Waals surface area contributed by atoms with Crippen LogP contribution in [0.2, 0.25) is 0 Å². The van der Waals surface area contributed by atoms with Crippen molar-refractivity contribution < 1.29 is 27.9 Å². The monoisotopic (exact) mass is 309 g/mol. The van der Waals surface area contributed by atoms with Crippen LogP contribution in [0.3, 0.4) is 0 Å². The maximum atomic E-state index is 11.4.